The number of carbonyl (C=O) groups excluding carboxylic acids is 1. The Bertz CT molecular complexity index is 701. The Morgan fingerprint density at radius 2 is 1.79 bits per heavy atom. The van der Waals surface area contributed by atoms with E-state index in [9.17, 15) is 4.79 Å². The first kappa shape index (κ1) is 18.5. The van der Waals surface area contributed by atoms with Crippen LogP contribution in [-0.2, 0) is 0 Å². The Balaban J connectivity index is 2.11. The molecule has 2 aromatic rings. The van der Waals surface area contributed by atoms with Crippen LogP contribution in [0.1, 0.15) is 42.4 Å². The second kappa shape index (κ2) is 8.85. The van der Waals surface area contributed by atoms with E-state index in [4.69, 9.17) is 23.2 Å². The highest BCUT2D eigenvalue weighted by Gasteiger charge is 2.10. The lowest BCUT2D eigenvalue weighted by atomic mass is 10.2. The molecule has 7 heteroatoms. The van der Waals surface area contributed by atoms with Gasteiger partial charge in [-0.15, -0.1) is 0 Å². The van der Waals surface area contributed by atoms with Crippen molar-refractivity contribution in [2.75, 3.05) is 11.9 Å². The van der Waals surface area contributed by atoms with Crippen LogP contribution in [0.15, 0.2) is 24.3 Å². The number of hydrogen-bond donors (Lipinski definition) is 2. The van der Waals surface area contributed by atoms with Gasteiger partial charge in [-0.2, -0.15) is 0 Å². The number of unbranched alkanes of at least 4 members (excludes halogenated alkanes) is 2. The zero-order chi connectivity index (χ0) is 17.5. The van der Waals surface area contributed by atoms with Gasteiger partial charge in [-0.1, -0.05) is 43.0 Å². The standard InChI is InChI=1S/C17H20Cl2N4O/c1-3-4-5-6-20-16(24)15-7-11(2)21-17(23-15)22-14-9-12(18)8-13(19)10-14/h7-10H,3-6H2,1-2H3,(H,20,24)(H,21,22,23). The molecule has 0 saturated heterocycles. The average molecular weight is 367 g/mol. The summed E-state index contributed by atoms with van der Waals surface area (Å²) in [4.78, 5) is 20.8. The van der Waals surface area contributed by atoms with Crippen molar-refractivity contribution in [1.82, 2.24) is 15.3 Å². The number of carbonyl (C=O) groups is 1. The van der Waals surface area contributed by atoms with Crippen LogP contribution in [0.2, 0.25) is 10.0 Å². The molecule has 0 bridgehead atoms. The third-order valence-corrected chi connectivity index (χ3v) is 3.71. The van der Waals surface area contributed by atoms with Crippen molar-refractivity contribution in [1.29, 1.82) is 0 Å². The summed E-state index contributed by atoms with van der Waals surface area (Å²) in [5.41, 5.74) is 1.68. The predicted molar refractivity (Wildman–Crippen MR) is 98.4 cm³/mol. The van der Waals surface area contributed by atoms with Crippen molar-refractivity contribution in [3.05, 3.63) is 45.7 Å². The first-order chi connectivity index (χ1) is 11.5. The van der Waals surface area contributed by atoms with Crippen LogP contribution < -0.4 is 10.6 Å². The molecule has 24 heavy (non-hydrogen) atoms. The van der Waals surface area contributed by atoms with E-state index in [1.807, 2.05) is 6.92 Å². The number of anilines is 2. The van der Waals surface area contributed by atoms with Gasteiger partial charge in [0, 0.05) is 28.0 Å². The van der Waals surface area contributed by atoms with Crippen molar-refractivity contribution in [3.8, 4) is 0 Å². The van der Waals surface area contributed by atoms with Crippen LogP contribution in [-0.4, -0.2) is 22.4 Å². The minimum absolute atomic E-state index is 0.205. The van der Waals surface area contributed by atoms with E-state index in [0.29, 0.717) is 39.6 Å². The van der Waals surface area contributed by atoms with Crippen molar-refractivity contribution in [2.45, 2.75) is 33.1 Å². The van der Waals surface area contributed by atoms with Gasteiger partial charge in [-0.05, 0) is 37.6 Å². The van der Waals surface area contributed by atoms with Crippen LogP contribution in [0.5, 0.6) is 0 Å². The van der Waals surface area contributed by atoms with E-state index in [-0.39, 0.29) is 5.91 Å². The number of benzene rings is 1. The van der Waals surface area contributed by atoms with Gasteiger partial charge in [-0.25, -0.2) is 9.97 Å². The Kier molecular flexibility index (Phi) is 6.82. The van der Waals surface area contributed by atoms with Gasteiger partial charge in [0.05, 0.1) is 0 Å². The molecule has 0 unspecified atom stereocenters. The van der Waals surface area contributed by atoms with E-state index in [1.165, 1.54) is 0 Å². The second-order valence-electron chi connectivity index (χ2n) is 5.46. The van der Waals surface area contributed by atoms with E-state index in [2.05, 4.69) is 27.5 Å². The van der Waals surface area contributed by atoms with Gasteiger partial charge in [0.1, 0.15) is 5.69 Å². The molecular weight excluding hydrogens is 347 g/mol. The molecule has 0 atom stereocenters. The number of aromatic nitrogens is 2. The Morgan fingerprint density at radius 1 is 1.08 bits per heavy atom. The minimum Gasteiger partial charge on any atom is -0.351 e. The van der Waals surface area contributed by atoms with Gasteiger partial charge in [0.2, 0.25) is 5.95 Å². The molecule has 0 aliphatic heterocycles. The number of nitrogens with one attached hydrogen (secondary N) is 2. The molecule has 0 aliphatic carbocycles. The monoisotopic (exact) mass is 366 g/mol. The van der Waals surface area contributed by atoms with Crippen molar-refractivity contribution < 1.29 is 4.79 Å². The Labute approximate surface area is 151 Å². The minimum atomic E-state index is -0.205. The highest BCUT2D eigenvalue weighted by atomic mass is 35.5. The van der Waals surface area contributed by atoms with Crippen LogP contribution in [0.4, 0.5) is 11.6 Å². The molecule has 0 radical (unpaired) electrons. The predicted octanol–water partition coefficient (Wildman–Crippen LogP) is 4.76. The van der Waals surface area contributed by atoms with Crippen LogP contribution in [0.3, 0.4) is 0 Å². The topological polar surface area (TPSA) is 66.9 Å². The third-order valence-electron chi connectivity index (χ3n) is 3.27. The maximum atomic E-state index is 12.2. The smallest absolute Gasteiger partial charge is 0.270 e. The molecule has 1 aromatic carbocycles. The van der Waals surface area contributed by atoms with E-state index in [1.54, 1.807) is 24.3 Å². The van der Waals surface area contributed by atoms with Gasteiger partial charge in [0.15, 0.2) is 0 Å². The second-order valence-corrected chi connectivity index (χ2v) is 6.34. The SMILES string of the molecule is CCCCCNC(=O)c1cc(C)nc(Nc2cc(Cl)cc(Cl)c2)n1. The number of amides is 1. The highest BCUT2D eigenvalue weighted by Crippen LogP contribution is 2.24. The normalized spacial score (nSPS) is 10.5. The number of nitrogens with zero attached hydrogens (tertiary/aromatic N) is 2. The highest BCUT2D eigenvalue weighted by molar-refractivity contribution is 6.35. The first-order valence-electron chi connectivity index (χ1n) is 7.85. The first-order valence-corrected chi connectivity index (χ1v) is 8.60. The van der Waals surface area contributed by atoms with Gasteiger partial charge in [0.25, 0.3) is 5.91 Å². The Hall–Kier alpha value is -1.85. The maximum absolute atomic E-state index is 12.2. The summed E-state index contributed by atoms with van der Waals surface area (Å²) in [5.74, 6) is 0.121. The Morgan fingerprint density at radius 3 is 2.46 bits per heavy atom. The summed E-state index contributed by atoms with van der Waals surface area (Å²) in [7, 11) is 0. The molecule has 2 rings (SSSR count). The van der Waals surface area contributed by atoms with Crippen molar-refractivity contribution in [2.24, 2.45) is 0 Å². The van der Waals surface area contributed by atoms with Crippen LogP contribution in [0.25, 0.3) is 0 Å². The van der Waals surface area contributed by atoms with Crippen molar-refractivity contribution >= 4 is 40.7 Å². The number of aryl methyl sites for hydroxylation is 1. The molecule has 0 fully saturated rings. The summed E-state index contributed by atoms with van der Waals surface area (Å²) in [6, 6.07) is 6.72. The zero-order valence-electron chi connectivity index (χ0n) is 13.7. The van der Waals surface area contributed by atoms with Gasteiger partial charge in [-0.3, -0.25) is 4.79 Å². The molecule has 1 aromatic heterocycles. The summed E-state index contributed by atoms with van der Waals surface area (Å²) < 4.78 is 0. The summed E-state index contributed by atoms with van der Waals surface area (Å²) in [6.45, 7) is 4.57. The zero-order valence-corrected chi connectivity index (χ0v) is 15.2. The summed E-state index contributed by atoms with van der Waals surface area (Å²) >= 11 is 12.0. The van der Waals surface area contributed by atoms with E-state index >= 15 is 0 Å². The van der Waals surface area contributed by atoms with E-state index < -0.39 is 0 Å². The molecule has 0 spiro atoms. The lowest BCUT2D eigenvalue weighted by molar-refractivity contribution is 0.0948. The molecule has 128 valence electrons. The van der Waals surface area contributed by atoms with Gasteiger partial charge >= 0.3 is 0 Å². The third kappa shape index (κ3) is 5.65. The fourth-order valence-electron chi connectivity index (χ4n) is 2.16. The fraction of sp³-hybridized carbons (Fsp3) is 0.353. The average Bonchev–Trinajstić information content (AvgIpc) is 2.49. The summed E-state index contributed by atoms with van der Waals surface area (Å²) in [5, 5.41) is 6.91. The fourth-order valence-corrected chi connectivity index (χ4v) is 2.69. The maximum Gasteiger partial charge on any atom is 0.270 e. The van der Waals surface area contributed by atoms with Crippen LogP contribution in [0, 0.1) is 6.92 Å². The van der Waals surface area contributed by atoms with Gasteiger partial charge < -0.3 is 10.6 Å². The number of hydrogen-bond acceptors (Lipinski definition) is 4. The molecule has 2 N–H and O–H groups in total. The molecular formula is C17H20Cl2N4O. The quantitative estimate of drug-likeness (QED) is 0.693. The largest absolute Gasteiger partial charge is 0.351 e. The summed E-state index contributed by atoms with van der Waals surface area (Å²) in [6.07, 6.45) is 3.16. The lowest BCUT2D eigenvalue weighted by Crippen LogP contribution is -2.25. The lowest BCUT2D eigenvalue weighted by Gasteiger charge is -2.09. The van der Waals surface area contributed by atoms with E-state index in [0.717, 1.165) is 19.3 Å². The molecule has 5 nitrogen and oxygen atoms in total. The number of halogens is 2. The molecule has 0 saturated carbocycles. The molecule has 1 amide bonds. The molecule has 0 aliphatic rings. The molecule has 1 heterocycles. The van der Waals surface area contributed by atoms with Crippen LogP contribution >= 0.6 is 23.2 Å². The van der Waals surface area contributed by atoms with Crippen molar-refractivity contribution in [3.63, 3.8) is 0 Å². The number of rotatable bonds is 7.